The molecule has 1 rings (SSSR count). The van der Waals surface area contributed by atoms with Crippen LogP contribution in [0.5, 0.6) is 0 Å². The maximum Gasteiger partial charge on any atom is 0.150 e. The second kappa shape index (κ2) is 6.20. The van der Waals surface area contributed by atoms with E-state index in [0.29, 0.717) is 13.0 Å². The fourth-order valence-electron chi connectivity index (χ4n) is 1.39. The third-order valence-electron chi connectivity index (χ3n) is 2.40. The molecule has 0 aliphatic heterocycles. The molecule has 88 valence electrons. The molecule has 0 amide bonds. The highest BCUT2D eigenvalue weighted by atomic mass is 16.1. The highest BCUT2D eigenvalue weighted by Gasteiger charge is 2.04. The smallest absolute Gasteiger partial charge is 0.150 e. The van der Waals surface area contributed by atoms with Crippen molar-refractivity contribution in [2.24, 2.45) is 0 Å². The Morgan fingerprint density at radius 2 is 2.12 bits per heavy atom. The molecule has 0 spiro atoms. The molecule has 0 saturated carbocycles. The second-order valence-corrected chi connectivity index (χ2v) is 4.01. The van der Waals surface area contributed by atoms with Crippen molar-refractivity contribution in [1.82, 2.24) is 10.2 Å². The molecule has 4 nitrogen and oxygen atoms in total. The first kappa shape index (κ1) is 12.6. The van der Waals surface area contributed by atoms with Gasteiger partial charge in [-0.05, 0) is 25.5 Å². The topological polar surface area (TPSA) is 46.1 Å². The minimum absolute atomic E-state index is 0.197. The van der Waals surface area contributed by atoms with E-state index in [1.165, 1.54) is 0 Å². The molecule has 0 aliphatic rings. The van der Waals surface area contributed by atoms with Gasteiger partial charge in [-0.2, -0.15) is 5.10 Å². The van der Waals surface area contributed by atoms with Crippen LogP contribution in [-0.2, 0) is 11.2 Å². The first-order chi connectivity index (χ1) is 7.63. The van der Waals surface area contributed by atoms with Gasteiger partial charge in [0.15, 0.2) is 5.82 Å². The van der Waals surface area contributed by atoms with E-state index in [1.54, 1.807) is 6.92 Å². The number of hydrogen-bond acceptors (Lipinski definition) is 4. The zero-order valence-corrected chi connectivity index (χ0v) is 10.2. The molecule has 0 aliphatic carbocycles. The van der Waals surface area contributed by atoms with Crippen LogP contribution >= 0.6 is 0 Å². The molecule has 0 saturated heterocycles. The summed E-state index contributed by atoms with van der Waals surface area (Å²) in [4.78, 5) is 12.8. The Balaban J connectivity index is 2.55. The summed E-state index contributed by atoms with van der Waals surface area (Å²) in [7, 11) is 1.92. The fourth-order valence-corrected chi connectivity index (χ4v) is 1.39. The van der Waals surface area contributed by atoms with Crippen molar-refractivity contribution >= 4 is 11.6 Å². The number of ketones is 1. The third-order valence-corrected chi connectivity index (χ3v) is 2.40. The predicted octanol–water partition coefficient (Wildman–Crippen LogP) is 1.84. The predicted molar refractivity (Wildman–Crippen MR) is 64.6 cm³/mol. The van der Waals surface area contributed by atoms with Crippen LogP contribution in [0.1, 0.15) is 32.4 Å². The zero-order chi connectivity index (χ0) is 12.0. The molecule has 0 radical (unpaired) electrons. The van der Waals surface area contributed by atoms with Crippen LogP contribution < -0.4 is 4.90 Å². The summed E-state index contributed by atoms with van der Waals surface area (Å²) in [6.07, 6.45) is 2.59. The molecule has 0 unspecified atom stereocenters. The number of hydrogen-bond donors (Lipinski definition) is 0. The molecule has 1 aromatic rings. The Kier molecular flexibility index (Phi) is 4.89. The number of nitrogens with zero attached hydrogens (tertiary/aromatic N) is 3. The second-order valence-electron chi connectivity index (χ2n) is 4.01. The molecule has 16 heavy (non-hydrogen) atoms. The fraction of sp³-hybridized carbons (Fsp3) is 0.583. The van der Waals surface area contributed by atoms with Gasteiger partial charge in [0, 0.05) is 20.0 Å². The van der Waals surface area contributed by atoms with Crippen LogP contribution in [-0.4, -0.2) is 29.6 Å². The molecule has 4 heteroatoms. The van der Waals surface area contributed by atoms with Gasteiger partial charge in [-0.15, -0.1) is 5.10 Å². The summed E-state index contributed by atoms with van der Waals surface area (Å²) >= 11 is 0. The normalized spacial score (nSPS) is 10.2. The van der Waals surface area contributed by atoms with Crippen LogP contribution in [0.4, 0.5) is 5.82 Å². The van der Waals surface area contributed by atoms with Crippen molar-refractivity contribution in [1.29, 1.82) is 0 Å². The largest absolute Gasteiger partial charge is 0.358 e. The average molecular weight is 221 g/mol. The van der Waals surface area contributed by atoms with E-state index in [2.05, 4.69) is 17.1 Å². The Morgan fingerprint density at radius 3 is 2.62 bits per heavy atom. The quantitative estimate of drug-likeness (QED) is 0.735. The monoisotopic (exact) mass is 221 g/mol. The van der Waals surface area contributed by atoms with E-state index in [4.69, 9.17) is 0 Å². The lowest BCUT2D eigenvalue weighted by molar-refractivity contribution is -0.116. The lowest BCUT2D eigenvalue weighted by Crippen LogP contribution is -2.21. The van der Waals surface area contributed by atoms with E-state index in [1.807, 2.05) is 24.1 Å². The van der Waals surface area contributed by atoms with E-state index in [-0.39, 0.29) is 5.78 Å². The molecule has 0 bridgehead atoms. The lowest BCUT2D eigenvalue weighted by atomic mass is 10.2. The molecular weight excluding hydrogens is 202 g/mol. The number of carbonyl (C=O) groups is 1. The van der Waals surface area contributed by atoms with Crippen LogP contribution in [0.3, 0.4) is 0 Å². The molecule has 1 heterocycles. The Labute approximate surface area is 96.7 Å². The van der Waals surface area contributed by atoms with Gasteiger partial charge in [0.1, 0.15) is 5.78 Å². The van der Waals surface area contributed by atoms with Crippen molar-refractivity contribution in [2.75, 3.05) is 18.5 Å². The number of rotatable bonds is 6. The number of aryl methyl sites for hydroxylation is 1. The molecule has 0 aromatic carbocycles. The summed E-state index contributed by atoms with van der Waals surface area (Å²) in [5, 5.41) is 8.28. The van der Waals surface area contributed by atoms with Crippen LogP contribution in [0.15, 0.2) is 12.1 Å². The maximum absolute atomic E-state index is 10.9. The first-order valence-corrected chi connectivity index (χ1v) is 5.66. The maximum atomic E-state index is 10.9. The SMILES string of the molecule is CCCc1ccc(N(C)CCC(C)=O)nn1. The van der Waals surface area contributed by atoms with Gasteiger partial charge < -0.3 is 4.90 Å². The highest BCUT2D eigenvalue weighted by Crippen LogP contribution is 2.08. The highest BCUT2D eigenvalue weighted by molar-refractivity contribution is 5.76. The van der Waals surface area contributed by atoms with Gasteiger partial charge in [-0.25, -0.2) is 0 Å². The van der Waals surface area contributed by atoms with Crippen molar-refractivity contribution in [3.63, 3.8) is 0 Å². The number of Topliss-reactive ketones (excluding diaryl/α,β-unsaturated/α-hetero) is 1. The Hall–Kier alpha value is -1.45. The van der Waals surface area contributed by atoms with Crippen LogP contribution in [0.25, 0.3) is 0 Å². The lowest BCUT2D eigenvalue weighted by Gasteiger charge is -2.16. The summed E-state index contributed by atoms with van der Waals surface area (Å²) in [5.74, 6) is 1.02. The van der Waals surface area contributed by atoms with E-state index < -0.39 is 0 Å². The van der Waals surface area contributed by atoms with Gasteiger partial charge in [0.2, 0.25) is 0 Å². The van der Waals surface area contributed by atoms with Gasteiger partial charge in [0.25, 0.3) is 0 Å². The van der Waals surface area contributed by atoms with Gasteiger partial charge in [-0.3, -0.25) is 4.79 Å². The van der Waals surface area contributed by atoms with Crippen molar-refractivity contribution in [3.05, 3.63) is 17.8 Å². The van der Waals surface area contributed by atoms with Crippen molar-refractivity contribution in [3.8, 4) is 0 Å². The zero-order valence-electron chi connectivity index (χ0n) is 10.2. The summed E-state index contributed by atoms with van der Waals surface area (Å²) in [6, 6.07) is 3.95. The van der Waals surface area contributed by atoms with Gasteiger partial charge in [0.05, 0.1) is 5.69 Å². The van der Waals surface area contributed by atoms with Crippen molar-refractivity contribution in [2.45, 2.75) is 33.1 Å². The molecule has 1 aromatic heterocycles. The average Bonchev–Trinajstić information content (AvgIpc) is 2.27. The first-order valence-electron chi connectivity index (χ1n) is 5.66. The third kappa shape index (κ3) is 3.96. The summed E-state index contributed by atoms with van der Waals surface area (Å²) in [6.45, 7) is 4.41. The number of carbonyl (C=O) groups excluding carboxylic acids is 1. The Morgan fingerprint density at radius 1 is 1.38 bits per heavy atom. The number of anilines is 1. The summed E-state index contributed by atoms with van der Waals surface area (Å²) in [5.41, 5.74) is 1.02. The summed E-state index contributed by atoms with van der Waals surface area (Å²) < 4.78 is 0. The van der Waals surface area contributed by atoms with E-state index in [0.717, 1.165) is 24.4 Å². The number of aromatic nitrogens is 2. The minimum atomic E-state index is 0.197. The Bertz CT molecular complexity index is 335. The standard InChI is InChI=1S/C12H19N3O/c1-4-5-11-6-7-12(14-13-11)15(3)9-8-10(2)16/h6-7H,4-5,8-9H2,1-3H3. The van der Waals surface area contributed by atoms with Crippen LogP contribution in [0.2, 0.25) is 0 Å². The molecule has 0 fully saturated rings. The van der Waals surface area contributed by atoms with E-state index >= 15 is 0 Å². The van der Waals surface area contributed by atoms with Crippen molar-refractivity contribution < 1.29 is 4.79 Å². The van der Waals surface area contributed by atoms with Crippen LogP contribution in [0, 0.1) is 0 Å². The van der Waals surface area contributed by atoms with Gasteiger partial charge >= 0.3 is 0 Å². The van der Waals surface area contributed by atoms with E-state index in [9.17, 15) is 4.79 Å². The molecular formula is C12H19N3O. The molecule has 0 N–H and O–H groups in total. The van der Waals surface area contributed by atoms with Gasteiger partial charge in [-0.1, -0.05) is 13.3 Å². The molecule has 0 atom stereocenters. The minimum Gasteiger partial charge on any atom is -0.358 e.